The van der Waals surface area contributed by atoms with E-state index in [2.05, 4.69) is 36.5 Å². The average Bonchev–Trinajstić information content (AvgIpc) is 2.81. The molecule has 1 heterocycles. The third-order valence-electron chi connectivity index (χ3n) is 3.15. The lowest BCUT2D eigenvalue weighted by atomic mass is 10.1. The molecule has 2 atom stereocenters. The largest absolute Gasteiger partial charge is 0.281 e. The third kappa shape index (κ3) is 0.781. The molecule has 0 radical (unpaired) electrons. The van der Waals surface area contributed by atoms with E-state index in [4.69, 9.17) is 11.8 Å². The maximum Gasteiger partial charge on any atom is 0.0882 e. The molecule has 2 unspecified atom stereocenters. The Morgan fingerprint density at radius 2 is 1.69 bits per heavy atom. The van der Waals surface area contributed by atoms with Gasteiger partial charge in [0.15, 0.2) is 0 Å². The van der Waals surface area contributed by atoms with Gasteiger partial charge in [-0.3, -0.25) is 4.42 Å². The van der Waals surface area contributed by atoms with Crippen molar-refractivity contribution in [3.8, 4) is 0 Å². The van der Waals surface area contributed by atoms with Gasteiger partial charge in [-0.05, 0) is 6.08 Å². The van der Waals surface area contributed by atoms with Crippen molar-refractivity contribution < 1.29 is 0 Å². The lowest BCUT2D eigenvalue weighted by molar-refractivity contribution is 0.449. The summed E-state index contributed by atoms with van der Waals surface area (Å²) in [7, 11) is 0. The number of nitrogens with zero attached hydrogens (tertiary/aromatic N) is 1. The molecule has 1 spiro atoms. The zero-order chi connectivity index (χ0) is 8.89. The van der Waals surface area contributed by atoms with Crippen molar-refractivity contribution >= 4 is 11.8 Å². The number of fused-ring (bicyclic) bond motifs is 3. The average molecular weight is 192 g/mol. The van der Waals surface area contributed by atoms with Crippen molar-refractivity contribution in [2.75, 3.05) is 0 Å². The second-order valence-electron chi connectivity index (χ2n) is 3.72. The van der Waals surface area contributed by atoms with Crippen molar-refractivity contribution in [3.05, 3.63) is 48.7 Å². The first kappa shape index (κ1) is 7.45. The fraction of sp³-hybridized carbons (Fsp3) is 0.273. The Morgan fingerprint density at radius 1 is 1.00 bits per heavy atom. The zero-order valence-corrected chi connectivity index (χ0v) is 7.85. The molecular weight excluding hydrogens is 182 g/mol. The molecule has 1 saturated carbocycles. The van der Waals surface area contributed by atoms with Crippen LogP contribution in [0.5, 0.6) is 0 Å². The van der Waals surface area contributed by atoms with Gasteiger partial charge in [-0.2, -0.15) is 0 Å². The van der Waals surface area contributed by atoms with E-state index in [1.807, 2.05) is 16.7 Å². The fourth-order valence-electron chi connectivity index (χ4n) is 2.41. The Kier molecular flexibility index (Phi) is 1.32. The van der Waals surface area contributed by atoms with Gasteiger partial charge in [0.05, 0.1) is 5.54 Å². The van der Waals surface area contributed by atoms with Gasteiger partial charge in [-0.1, -0.05) is 36.5 Å². The van der Waals surface area contributed by atoms with Gasteiger partial charge < -0.3 is 0 Å². The number of rotatable bonds is 0. The smallest absolute Gasteiger partial charge is 0.0882 e. The highest BCUT2D eigenvalue weighted by Crippen LogP contribution is 2.60. The van der Waals surface area contributed by atoms with Crippen LogP contribution in [0.3, 0.4) is 0 Å². The summed E-state index contributed by atoms with van der Waals surface area (Å²) in [6.07, 6.45) is 16.9. The fourth-order valence-corrected chi connectivity index (χ4v) is 2.75. The highest BCUT2D eigenvalue weighted by atomic mass is 35.5. The van der Waals surface area contributed by atoms with Gasteiger partial charge in [0, 0.05) is 29.8 Å². The highest BCUT2D eigenvalue weighted by Gasteiger charge is 2.64. The Morgan fingerprint density at radius 3 is 2.31 bits per heavy atom. The number of hydrogen-bond donors (Lipinski definition) is 0. The highest BCUT2D eigenvalue weighted by molar-refractivity contribution is 6.15. The first-order chi connectivity index (χ1) is 6.36. The number of allylic oxidation sites excluding steroid dienone is 4. The Labute approximate surface area is 82.8 Å². The van der Waals surface area contributed by atoms with E-state index in [0.29, 0.717) is 11.8 Å². The van der Waals surface area contributed by atoms with Crippen molar-refractivity contribution in [2.24, 2.45) is 11.8 Å². The van der Waals surface area contributed by atoms with Crippen LogP contribution >= 0.6 is 11.8 Å². The SMILES string of the molecule is ClN1C=CC=CC12C1C=CC=CC12. The van der Waals surface area contributed by atoms with Gasteiger partial charge in [0.1, 0.15) is 0 Å². The minimum atomic E-state index is 0.0415. The van der Waals surface area contributed by atoms with E-state index < -0.39 is 0 Å². The van der Waals surface area contributed by atoms with Crippen LogP contribution in [0.1, 0.15) is 0 Å². The lowest BCUT2D eigenvalue weighted by Gasteiger charge is -2.24. The molecule has 0 bridgehead atoms. The normalized spacial score (nSPS) is 44.2. The molecule has 2 aliphatic carbocycles. The van der Waals surface area contributed by atoms with E-state index >= 15 is 0 Å². The molecule has 2 heteroatoms. The predicted octanol–water partition coefficient (Wildman–Crippen LogP) is 2.64. The standard InChI is InChI=1S/C11H10ClN/c12-13-8-4-3-7-11(13)9-5-1-2-6-10(9)11/h1-10H. The summed E-state index contributed by atoms with van der Waals surface area (Å²) in [6.45, 7) is 0. The van der Waals surface area contributed by atoms with Crippen molar-refractivity contribution in [2.45, 2.75) is 5.54 Å². The Bertz CT molecular complexity index is 333. The summed E-state index contributed by atoms with van der Waals surface area (Å²) in [5, 5.41) is 0. The molecule has 0 saturated heterocycles. The van der Waals surface area contributed by atoms with Crippen LogP contribution < -0.4 is 0 Å². The minimum absolute atomic E-state index is 0.0415. The third-order valence-corrected chi connectivity index (χ3v) is 3.56. The van der Waals surface area contributed by atoms with Crippen molar-refractivity contribution in [1.82, 2.24) is 4.42 Å². The molecule has 66 valence electrons. The Balaban J connectivity index is 2.01. The molecule has 3 rings (SSSR count). The van der Waals surface area contributed by atoms with Crippen LogP contribution in [-0.4, -0.2) is 9.96 Å². The van der Waals surface area contributed by atoms with Crippen LogP contribution in [0.15, 0.2) is 48.7 Å². The zero-order valence-electron chi connectivity index (χ0n) is 7.10. The maximum absolute atomic E-state index is 6.17. The lowest BCUT2D eigenvalue weighted by Crippen LogP contribution is -2.27. The Hall–Kier alpha value is -0.950. The van der Waals surface area contributed by atoms with Crippen molar-refractivity contribution in [1.29, 1.82) is 0 Å². The van der Waals surface area contributed by atoms with E-state index in [9.17, 15) is 0 Å². The topological polar surface area (TPSA) is 3.24 Å². The molecule has 0 aromatic rings. The monoisotopic (exact) mass is 191 g/mol. The van der Waals surface area contributed by atoms with Crippen LogP contribution in [-0.2, 0) is 0 Å². The van der Waals surface area contributed by atoms with E-state index in [1.165, 1.54) is 0 Å². The van der Waals surface area contributed by atoms with Gasteiger partial charge in [0.25, 0.3) is 0 Å². The number of halogens is 1. The van der Waals surface area contributed by atoms with E-state index in [-0.39, 0.29) is 5.54 Å². The summed E-state index contributed by atoms with van der Waals surface area (Å²) >= 11 is 6.17. The first-order valence-electron chi connectivity index (χ1n) is 4.52. The van der Waals surface area contributed by atoms with Gasteiger partial charge in [-0.25, -0.2) is 0 Å². The molecule has 3 aliphatic rings. The van der Waals surface area contributed by atoms with Crippen LogP contribution in [0, 0.1) is 11.8 Å². The molecule has 13 heavy (non-hydrogen) atoms. The van der Waals surface area contributed by atoms with E-state index in [0.717, 1.165) is 0 Å². The van der Waals surface area contributed by atoms with Crippen LogP contribution in [0.4, 0.5) is 0 Å². The molecule has 1 fully saturated rings. The molecule has 0 N–H and O–H groups in total. The van der Waals surface area contributed by atoms with E-state index in [1.54, 1.807) is 0 Å². The second kappa shape index (κ2) is 2.30. The summed E-state index contributed by atoms with van der Waals surface area (Å²) in [6, 6.07) is 0. The minimum Gasteiger partial charge on any atom is -0.281 e. The molecule has 1 nitrogen and oxygen atoms in total. The summed E-state index contributed by atoms with van der Waals surface area (Å²) in [4.78, 5) is 0. The van der Waals surface area contributed by atoms with Crippen LogP contribution in [0.2, 0.25) is 0 Å². The second-order valence-corrected chi connectivity index (χ2v) is 4.08. The van der Waals surface area contributed by atoms with Crippen LogP contribution in [0.25, 0.3) is 0 Å². The van der Waals surface area contributed by atoms with Gasteiger partial charge in [-0.15, -0.1) is 0 Å². The summed E-state index contributed by atoms with van der Waals surface area (Å²) < 4.78 is 1.81. The molecule has 0 aromatic carbocycles. The summed E-state index contributed by atoms with van der Waals surface area (Å²) in [5.41, 5.74) is 0.0415. The molecule has 0 amide bonds. The first-order valence-corrected chi connectivity index (χ1v) is 4.85. The molecule has 1 aliphatic heterocycles. The van der Waals surface area contributed by atoms with Crippen molar-refractivity contribution in [3.63, 3.8) is 0 Å². The molecule has 0 aromatic heterocycles. The number of hydrogen-bond acceptors (Lipinski definition) is 1. The van der Waals surface area contributed by atoms with Gasteiger partial charge in [0.2, 0.25) is 0 Å². The maximum atomic E-state index is 6.17. The quantitative estimate of drug-likeness (QED) is 0.532. The summed E-state index contributed by atoms with van der Waals surface area (Å²) in [5.74, 6) is 1.13. The van der Waals surface area contributed by atoms with Gasteiger partial charge >= 0.3 is 0 Å². The molecular formula is C11H10ClN. The predicted molar refractivity (Wildman–Crippen MR) is 54.0 cm³/mol.